The van der Waals surface area contributed by atoms with E-state index >= 15 is 0 Å². The standard InChI is InChI=1S/C19H23N3O4S/c23-17(13-16-14-3-1-2-4-15(14)18(24)21-20-16)22-9-5-19(6-10-22)7-11-27(25,26)12-8-19/h1-4H,5-13H2,(H,21,24). The minimum Gasteiger partial charge on any atom is -0.342 e. The largest absolute Gasteiger partial charge is 0.342 e. The van der Waals surface area contributed by atoms with Gasteiger partial charge in [-0.2, -0.15) is 5.10 Å². The van der Waals surface area contributed by atoms with Gasteiger partial charge >= 0.3 is 0 Å². The zero-order chi connectivity index (χ0) is 19.1. The number of nitrogens with zero attached hydrogens (tertiary/aromatic N) is 2. The van der Waals surface area contributed by atoms with Crippen LogP contribution in [0.25, 0.3) is 10.8 Å². The third-order valence-electron chi connectivity index (χ3n) is 6.16. The fourth-order valence-corrected chi connectivity index (χ4v) is 5.95. The van der Waals surface area contributed by atoms with E-state index < -0.39 is 9.84 Å². The summed E-state index contributed by atoms with van der Waals surface area (Å²) in [5, 5.41) is 7.81. The van der Waals surface area contributed by atoms with E-state index in [1.54, 1.807) is 12.1 Å². The Hall–Kier alpha value is -2.22. The smallest absolute Gasteiger partial charge is 0.272 e. The van der Waals surface area contributed by atoms with E-state index in [1.165, 1.54) is 0 Å². The van der Waals surface area contributed by atoms with Crippen LogP contribution in [0.1, 0.15) is 31.4 Å². The number of fused-ring (bicyclic) bond motifs is 1. The summed E-state index contributed by atoms with van der Waals surface area (Å²) in [5.41, 5.74) is 0.401. The van der Waals surface area contributed by atoms with Gasteiger partial charge in [0.25, 0.3) is 5.56 Å². The van der Waals surface area contributed by atoms with Crippen molar-refractivity contribution in [2.45, 2.75) is 32.1 Å². The second-order valence-corrected chi connectivity index (χ2v) is 10.1. The fraction of sp³-hybridized carbons (Fsp3) is 0.526. The number of aromatic amines is 1. The van der Waals surface area contributed by atoms with Crippen LogP contribution in [-0.2, 0) is 21.1 Å². The van der Waals surface area contributed by atoms with Crippen molar-refractivity contribution in [2.24, 2.45) is 5.41 Å². The maximum atomic E-state index is 12.8. The van der Waals surface area contributed by atoms with Crippen molar-refractivity contribution in [3.8, 4) is 0 Å². The molecule has 1 N–H and O–H groups in total. The first kappa shape index (κ1) is 18.2. The number of nitrogens with one attached hydrogen (secondary N) is 1. The first-order chi connectivity index (χ1) is 12.9. The van der Waals surface area contributed by atoms with Crippen LogP contribution in [0.4, 0.5) is 0 Å². The first-order valence-corrected chi connectivity index (χ1v) is 11.1. The molecule has 8 heteroatoms. The molecular formula is C19H23N3O4S. The average molecular weight is 389 g/mol. The quantitative estimate of drug-likeness (QED) is 0.834. The summed E-state index contributed by atoms with van der Waals surface area (Å²) >= 11 is 0. The molecule has 1 aromatic carbocycles. The van der Waals surface area contributed by atoms with Crippen molar-refractivity contribution in [1.82, 2.24) is 15.1 Å². The van der Waals surface area contributed by atoms with Gasteiger partial charge in [0.05, 0.1) is 29.0 Å². The van der Waals surface area contributed by atoms with Gasteiger partial charge in [0.15, 0.2) is 0 Å². The molecule has 1 aromatic heterocycles. The Morgan fingerprint density at radius 1 is 1.07 bits per heavy atom. The highest BCUT2D eigenvalue weighted by Crippen LogP contribution is 2.42. The van der Waals surface area contributed by atoms with E-state index in [4.69, 9.17) is 0 Å². The second kappa shape index (κ2) is 6.74. The number of rotatable bonds is 2. The summed E-state index contributed by atoms with van der Waals surface area (Å²) in [7, 11) is -2.87. The van der Waals surface area contributed by atoms with Gasteiger partial charge in [-0.3, -0.25) is 9.59 Å². The Morgan fingerprint density at radius 3 is 2.37 bits per heavy atom. The number of H-pyrrole nitrogens is 1. The lowest BCUT2D eigenvalue weighted by molar-refractivity contribution is -0.133. The van der Waals surface area contributed by atoms with Gasteiger partial charge in [0.1, 0.15) is 9.84 Å². The summed E-state index contributed by atoms with van der Waals surface area (Å²) in [6.07, 6.45) is 3.29. The molecule has 0 atom stereocenters. The molecule has 7 nitrogen and oxygen atoms in total. The molecule has 0 radical (unpaired) electrons. The topological polar surface area (TPSA) is 100 Å². The van der Waals surface area contributed by atoms with Gasteiger partial charge in [-0.25, -0.2) is 13.5 Å². The van der Waals surface area contributed by atoms with Crippen molar-refractivity contribution in [2.75, 3.05) is 24.6 Å². The van der Waals surface area contributed by atoms with Crippen molar-refractivity contribution in [3.63, 3.8) is 0 Å². The number of likely N-dealkylation sites (tertiary alicyclic amines) is 1. The molecule has 0 bridgehead atoms. The third-order valence-corrected chi connectivity index (χ3v) is 7.81. The number of sulfone groups is 1. The maximum Gasteiger partial charge on any atom is 0.272 e. The monoisotopic (exact) mass is 389 g/mol. The van der Waals surface area contributed by atoms with Crippen LogP contribution in [0.15, 0.2) is 29.1 Å². The molecule has 4 rings (SSSR count). The Kier molecular flexibility index (Phi) is 4.53. The second-order valence-electron chi connectivity index (χ2n) is 7.75. The van der Waals surface area contributed by atoms with Crippen molar-refractivity contribution >= 4 is 26.5 Å². The van der Waals surface area contributed by atoms with Crippen LogP contribution in [0.3, 0.4) is 0 Å². The predicted octanol–water partition coefficient (Wildman–Crippen LogP) is 1.28. The van der Waals surface area contributed by atoms with Gasteiger partial charge in [-0.1, -0.05) is 18.2 Å². The highest BCUT2D eigenvalue weighted by Gasteiger charge is 2.40. The number of aromatic nitrogens is 2. The van der Waals surface area contributed by atoms with Gasteiger partial charge in [-0.05, 0) is 37.2 Å². The molecule has 2 aromatic rings. The van der Waals surface area contributed by atoms with Crippen LogP contribution >= 0.6 is 0 Å². The van der Waals surface area contributed by atoms with Gasteiger partial charge in [0.2, 0.25) is 5.91 Å². The van der Waals surface area contributed by atoms with Crippen LogP contribution in [-0.4, -0.2) is 54.0 Å². The Balaban J connectivity index is 1.44. The summed E-state index contributed by atoms with van der Waals surface area (Å²) in [6, 6.07) is 7.16. The van der Waals surface area contributed by atoms with Crippen LogP contribution in [0.5, 0.6) is 0 Å². The molecule has 2 saturated heterocycles. The highest BCUT2D eigenvalue weighted by molar-refractivity contribution is 7.91. The van der Waals surface area contributed by atoms with E-state index in [2.05, 4.69) is 10.2 Å². The Labute approximate surface area is 157 Å². The maximum absolute atomic E-state index is 12.8. The minimum atomic E-state index is -2.87. The lowest BCUT2D eigenvalue weighted by Gasteiger charge is -2.44. The summed E-state index contributed by atoms with van der Waals surface area (Å²) in [5.74, 6) is 0.542. The molecule has 1 spiro atoms. The zero-order valence-electron chi connectivity index (χ0n) is 15.1. The number of benzene rings is 1. The lowest BCUT2D eigenvalue weighted by Crippen LogP contribution is -2.46. The van der Waals surface area contributed by atoms with Crippen molar-refractivity contribution < 1.29 is 13.2 Å². The number of carbonyl (C=O) groups excluding carboxylic acids is 1. The summed E-state index contributed by atoms with van der Waals surface area (Å²) in [4.78, 5) is 26.5. The third kappa shape index (κ3) is 3.63. The molecule has 2 aliphatic heterocycles. The lowest BCUT2D eigenvalue weighted by atomic mass is 9.74. The van der Waals surface area contributed by atoms with E-state index in [1.807, 2.05) is 17.0 Å². The zero-order valence-corrected chi connectivity index (χ0v) is 15.9. The average Bonchev–Trinajstić information content (AvgIpc) is 2.67. The molecule has 144 valence electrons. The Morgan fingerprint density at radius 2 is 1.70 bits per heavy atom. The SMILES string of the molecule is O=C(Cc1n[nH]c(=O)c2ccccc12)N1CCC2(CC1)CCS(=O)(=O)CC2. The van der Waals surface area contributed by atoms with Crippen molar-refractivity contribution in [3.05, 3.63) is 40.3 Å². The normalized spacial score (nSPS) is 21.4. The number of piperidine rings is 1. The fourth-order valence-electron chi connectivity index (χ4n) is 4.26. The molecule has 27 heavy (non-hydrogen) atoms. The summed E-state index contributed by atoms with van der Waals surface area (Å²) in [6.45, 7) is 1.31. The molecule has 2 fully saturated rings. The molecular weight excluding hydrogens is 366 g/mol. The number of amides is 1. The molecule has 3 heterocycles. The minimum absolute atomic E-state index is 0.00187. The van der Waals surface area contributed by atoms with E-state index in [0.29, 0.717) is 42.4 Å². The van der Waals surface area contributed by atoms with E-state index in [0.717, 1.165) is 12.8 Å². The number of carbonyl (C=O) groups is 1. The van der Waals surface area contributed by atoms with Crippen LogP contribution < -0.4 is 5.56 Å². The van der Waals surface area contributed by atoms with Crippen LogP contribution in [0.2, 0.25) is 0 Å². The summed E-state index contributed by atoms with van der Waals surface area (Å²) < 4.78 is 23.4. The van der Waals surface area contributed by atoms with E-state index in [9.17, 15) is 18.0 Å². The van der Waals surface area contributed by atoms with Gasteiger partial charge in [0, 0.05) is 18.5 Å². The number of hydrogen-bond acceptors (Lipinski definition) is 5. The van der Waals surface area contributed by atoms with Crippen LogP contribution in [0, 0.1) is 5.41 Å². The Bertz CT molecular complexity index is 1020. The molecule has 2 aliphatic rings. The molecule has 0 aliphatic carbocycles. The molecule has 0 unspecified atom stereocenters. The first-order valence-electron chi connectivity index (χ1n) is 9.32. The number of hydrogen-bond donors (Lipinski definition) is 1. The molecule has 0 saturated carbocycles. The molecule has 1 amide bonds. The van der Waals surface area contributed by atoms with Crippen molar-refractivity contribution in [1.29, 1.82) is 0 Å². The van der Waals surface area contributed by atoms with E-state index in [-0.39, 0.29) is 34.8 Å². The highest BCUT2D eigenvalue weighted by atomic mass is 32.2. The predicted molar refractivity (Wildman–Crippen MR) is 102 cm³/mol. The van der Waals surface area contributed by atoms with Gasteiger partial charge < -0.3 is 4.90 Å². The van der Waals surface area contributed by atoms with Gasteiger partial charge in [-0.15, -0.1) is 0 Å².